The standard InChI is InChI=1S/C19H18N4O3S/c24-18(21-15-4-1-3-14(11-15)17-5-2-10-26-17)13-6-8-23(9-7-13)19(25)16-12-20-27-22-16/h1-5,10-13H,6-9H2,(H,21,24). The molecule has 2 aromatic heterocycles. The molecule has 8 heteroatoms. The molecule has 1 saturated heterocycles. The Morgan fingerprint density at radius 2 is 2.04 bits per heavy atom. The molecule has 1 N–H and O–H groups in total. The first-order valence-electron chi connectivity index (χ1n) is 8.72. The third-order valence-electron chi connectivity index (χ3n) is 4.67. The summed E-state index contributed by atoms with van der Waals surface area (Å²) in [4.78, 5) is 26.6. The van der Waals surface area contributed by atoms with Crippen LogP contribution in [0.2, 0.25) is 0 Å². The summed E-state index contributed by atoms with van der Waals surface area (Å²) in [6, 6.07) is 11.3. The molecule has 2 amide bonds. The Labute approximate surface area is 160 Å². The van der Waals surface area contributed by atoms with Gasteiger partial charge < -0.3 is 14.6 Å². The number of piperidine rings is 1. The summed E-state index contributed by atoms with van der Waals surface area (Å²) in [6.45, 7) is 1.09. The number of furan rings is 1. The number of aromatic nitrogens is 2. The number of carbonyl (C=O) groups excluding carboxylic acids is 2. The van der Waals surface area contributed by atoms with Crippen molar-refractivity contribution < 1.29 is 14.0 Å². The SMILES string of the molecule is O=C(Nc1cccc(-c2ccco2)c1)C1CCN(C(=O)c2cnsn2)CC1. The second-order valence-corrected chi connectivity index (χ2v) is 6.96. The molecule has 0 unspecified atom stereocenters. The number of benzene rings is 1. The lowest BCUT2D eigenvalue weighted by atomic mass is 9.95. The van der Waals surface area contributed by atoms with Crippen molar-refractivity contribution in [3.63, 3.8) is 0 Å². The summed E-state index contributed by atoms with van der Waals surface area (Å²) in [6.07, 6.45) is 4.37. The number of nitrogens with zero attached hydrogens (tertiary/aromatic N) is 3. The number of hydrogen-bond acceptors (Lipinski definition) is 6. The van der Waals surface area contributed by atoms with Crippen molar-refractivity contribution in [3.05, 3.63) is 54.6 Å². The Morgan fingerprint density at radius 3 is 2.74 bits per heavy atom. The van der Waals surface area contributed by atoms with Crippen LogP contribution < -0.4 is 5.32 Å². The van der Waals surface area contributed by atoms with Crippen molar-refractivity contribution in [3.8, 4) is 11.3 Å². The molecule has 0 radical (unpaired) electrons. The molecule has 0 aliphatic carbocycles. The molecule has 1 aliphatic rings. The second kappa shape index (κ2) is 7.71. The van der Waals surface area contributed by atoms with Gasteiger partial charge in [0.1, 0.15) is 5.76 Å². The minimum atomic E-state index is -0.117. The fraction of sp³-hybridized carbons (Fsp3) is 0.263. The van der Waals surface area contributed by atoms with Gasteiger partial charge in [0.15, 0.2) is 5.69 Å². The van der Waals surface area contributed by atoms with E-state index >= 15 is 0 Å². The van der Waals surface area contributed by atoms with E-state index in [0.29, 0.717) is 31.6 Å². The van der Waals surface area contributed by atoms with Gasteiger partial charge in [-0.1, -0.05) is 12.1 Å². The third kappa shape index (κ3) is 3.90. The zero-order valence-electron chi connectivity index (χ0n) is 14.5. The molecular weight excluding hydrogens is 364 g/mol. The van der Waals surface area contributed by atoms with Crippen molar-refractivity contribution in [1.82, 2.24) is 13.6 Å². The van der Waals surface area contributed by atoms with Gasteiger partial charge in [0.05, 0.1) is 24.2 Å². The quantitative estimate of drug-likeness (QED) is 0.748. The first-order chi connectivity index (χ1) is 13.2. The van der Waals surface area contributed by atoms with Gasteiger partial charge in [-0.25, -0.2) is 0 Å². The van der Waals surface area contributed by atoms with E-state index < -0.39 is 0 Å². The van der Waals surface area contributed by atoms with E-state index in [4.69, 9.17) is 4.42 Å². The lowest BCUT2D eigenvalue weighted by Gasteiger charge is -2.30. The molecule has 27 heavy (non-hydrogen) atoms. The number of amides is 2. The van der Waals surface area contributed by atoms with E-state index in [1.54, 1.807) is 11.2 Å². The number of anilines is 1. The van der Waals surface area contributed by atoms with Crippen LogP contribution in [-0.4, -0.2) is 38.6 Å². The summed E-state index contributed by atoms with van der Waals surface area (Å²) in [5, 5.41) is 2.98. The van der Waals surface area contributed by atoms with Crippen LogP contribution in [0.3, 0.4) is 0 Å². The van der Waals surface area contributed by atoms with Crippen LogP contribution in [0.25, 0.3) is 11.3 Å². The number of hydrogen-bond donors (Lipinski definition) is 1. The Kier molecular flexibility index (Phi) is 4.97. The van der Waals surface area contributed by atoms with Gasteiger partial charge in [0.25, 0.3) is 5.91 Å². The number of likely N-dealkylation sites (tertiary alicyclic amines) is 1. The van der Waals surface area contributed by atoms with Crippen LogP contribution in [-0.2, 0) is 4.79 Å². The summed E-state index contributed by atoms with van der Waals surface area (Å²) in [5.74, 6) is 0.507. The Morgan fingerprint density at radius 1 is 1.19 bits per heavy atom. The van der Waals surface area contributed by atoms with Crippen molar-refractivity contribution in [1.29, 1.82) is 0 Å². The number of carbonyl (C=O) groups is 2. The topological polar surface area (TPSA) is 88.3 Å². The second-order valence-electron chi connectivity index (χ2n) is 6.41. The maximum atomic E-state index is 12.6. The molecule has 1 fully saturated rings. The van der Waals surface area contributed by atoms with Crippen LogP contribution in [0.15, 0.2) is 53.3 Å². The van der Waals surface area contributed by atoms with Gasteiger partial charge in [-0.15, -0.1) is 0 Å². The Bertz CT molecular complexity index is 916. The van der Waals surface area contributed by atoms with Crippen LogP contribution in [0.1, 0.15) is 23.3 Å². The average Bonchev–Trinajstić information content (AvgIpc) is 3.42. The zero-order valence-corrected chi connectivity index (χ0v) is 15.3. The monoisotopic (exact) mass is 382 g/mol. The summed E-state index contributed by atoms with van der Waals surface area (Å²) in [5.41, 5.74) is 2.02. The fourth-order valence-electron chi connectivity index (χ4n) is 3.20. The minimum absolute atomic E-state index is 0.0194. The molecule has 7 nitrogen and oxygen atoms in total. The number of rotatable bonds is 4. The lowest BCUT2D eigenvalue weighted by Crippen LogP contribution is -2.41. The van der Waals surface area contributed by atoms with E-state index in [1.165, 1.54) is 6.20 Å². The van der Waals surface area contributed by atoms with Crippen molar-refractivity contribution in [2.75, 3.05) is 18.4 Å². The van der Waals surface area contributed by atoms with Gasteiger partial charge in [0.2, 0.25) is 5.91 Å². The predicted octanol–water partition coefficient (Wildman–Crippen LogP) is 3.29. The van der Waals surface area contributed by atoms with E-state index in [0.717, 1.165) is 28.7 Å². The molecule has 3 aromatic rings. The third-order valence-corrected chi connectivity index (χ3v) is 5.15. The van der Waals surface area contributed by atoms with Crippen LogP contribution in [0.5, 0.6) is 0 Å². The molecule has 4 rings (SSSR count). The molecule has 1 aromatic carbocycles. The Hall–Kier alpha value is -3.00. The minimum Gasteiger partial charge on any atom is -0.464 e. The maximum Gasteiger partial charge on any atom is 0.275 e. The lowest BCUT2D eigenvalue weighted by molar-refractivity contribution is -0.121. The molecular formula is C19H18N4O3S. The summed E-state index contributed by atoms with van der Waals surface area (Å²) in [7, 11) is 0. The molecule has 0 saturated carbocycles. The molecule has 0 atom stereocenters. The van der Waals surface area contributed by atoms with E-state index in [9.17, 15) is 9.59 Å². The largest absolute Gasteiger partial charge is 0.464 e. The molecule has 0 bridgehead atoms. The highest BCUT2D eigenvalue weighted by Gasteiger charge is 2.28. The predicted molar refractivity (Wildman–Crippen MR) is 101 cm³/mol. The highest BCUT2D eigenvalue weighted by Crippen LogP contribution is 2.25. The van der Waals surface area contributed by atoms with Gasteiger partial charge in [-0.05, 0) is 37.1 Å². The summed E-state index contributed by atoms with van der Waals surface area (Å²) >= 11 is 1.02. The molecule has 3 heterocycles. The van der Waals surface area contributed by atoms with Gasteiger partial charge in [0, 0.05) is 30.3 Å². The fourth-order valence-corrected chi connectivity index (χ4v) is 3.61. The zero-order chi connectivity index (χ0) is 18.6. The van der Waals surface area contributed by atoms with Gasteiger partial charge >= 0.3 is 0 Å². The van der Waals surface area contributed by atoms with Crippen molar-refractivity contribution >= 4 is 29.2 Å². The van der Waals surface area contributed by atoms with Crippen LogP contribution >= 0.6 is 11.7 Å². The van der Waals surface area contributed by atoms with E-state index in [1.807, 2.05) is 36.4 Å². The molecule has 1 aliphatic heterocycles. The maximum absolute atomic E-state index is 12.6. The molecule has 0 spiro atoms. The van der Waals surface area contributed by atoms with Crippen molar-refractivity contribution in [2.45, 2.75) is 12.8 Å². The van der Waals surface area contributed by atoms with Crippen LogP contribution in [0.4, 0.5) is 5.69 Å². The van der Waals surface area contributed by atoms with E-state index in [-0.39, 0.29) is 17.7 Å². The normalized spacial score (nSPS) is 14.9. The summed E-state index contributed by atoms with van der Waals surface area (Å²) < 4.78 is 13.3. The van der Waals surface area contributed by atoms with Gasteiger partial charge in [-0.3, -0.25) is 9.59 Å². The van der Waals surface area contributed by atoms with E-state index in [2.05, 4.69) is 14.1 Å². The van der Waals surface area contributed by atoms with Crippen LogP contribution in [0, 0.1) is 5.92 Å². The average molecular weight is 382 g/mol. The molecule has 138 valence electrons. The highest BCUT2D eigenvalue weighted by atomic mass is 32.1. The highest BCUT2D eigenvalue weighted by molar-refractivity contribution is 6.99. The van der Waals surface area contributed by atoms with Crippen molar-refractivity contribution in [2.24, 2.45) is 5.92 Å². The smallest absolute Gasteiger partial charge is 0.275 e. The Balaban J connectivity index is 1.35. The first-order valence-corrected chi connectivity index (χ1v) is 9.45. The number of nitrogens with one attached hydrogen (secondary N) is 1. The van der Waals surface area contributed by atoms with Gasteiger partial charge in [-0.2, -0.15) is 8.75 Å². The first kappa shape index (κ1) is 17.4.